The standard InChI is InChI=1S/C11H8Cl2N4/c1-5-8(12)2-6(3-9(5)13)10-7(4-14)11(15)17-16-10/h2-3H,1H3,(H3,15,16,17). The minimum absolute atomic E-state index is 0.162. The van der Waals surface area contributed by atoms with E-state index < -0.39 is 0 Å². The van der Waals surface area contributed by atoms with Crippen LogP contribution >= 0.6 is 23.2 Å². The summed E-state index contributed by atoms with van der Waals surface area (Å²) in [6.45, 7) is 1.82. The third-order valence-electron chi connectivity index (χ3n) is 2.48. The number of nitrogens with two attached hydrogens (primary N) is 1. The van der Waals surface area contributed by atoms with Gasteiger partial charge in [-0.1, -0.05) is 23.2 Å². The van der Waals surface area contributed by atoms with E-state index in [0.717, 1.165) is 5.56 Å². The van der Waals surface area contributed by atoms with Gasteiger partial charge in [-0.15, -0.1) is 0 Å². The molecule has 6 heteroatoms. The first-order chi connectivity index (χ1) is 8.04. The molecule has 1 heterocycles. The zero-order valence-electron chi connectivity index (χ0n) is 8.88. The fourth-order valence-electron chi connectivity index (χ4n) is 1.47. The summed E-state index contributed by atoms with van der Waals surface area (Å²) >= 11 is 12.1. The van der Waals surface area contributed by atoms with Crippen LogP contribution in [0.25, 0.3) is 11.3 Å². The van der Waals surface area contributed by atoms with Gasteiger partial charge in [-0.3, -0.25) is 5.10 Å². The SMILES string of the molecule is Cc1c(Cl)cc(-c2[nH]nc(N)c2C#N)cc1Cl. The average Bonchev–Trinajstić information content (AvgIpc) is 2.66. The van der Waals surface area contributed by atoms with Crippen molar-refractivity contribution in [2.45, 2.75) is 6.92 Å². The van der Waals surface area contributed by atoms with E-state index in [9.17, 15) is 0 Å². The van der Waals surface area contributed by atoms with Crippen molar-refractivity contribution in [2.75, 3.05) is 5.73 Å². The van der Waals surface area contributed by atoms with Gasteiger partial charge >= 0.3 is 0 Å². The zero-order valence-corrected chi connectivity index (χ0v) is 10.4. The van der Waals surface area contributed by atoms with Gasteiger partial charge in [0.15, 0.2) is 5.82 Å². The van der Waals surface area contributed by atoms with Gasteiger partial charge < -0.3 is 5.73 Å². The summed E-state index contributed by atoms with van der Waals surface area (Å²) in [6.07, 6.45) is 0. The van der Waals surface area contributed by atoms with Crippen LogP contribution in [0.15, 0.2) is 12.1 Å². The first-order valence-corrected chi connectivity index (χ1v) is 5.50. The number of aromatic amines is 1. The Morgan fingerprint density at radius 2 is 1.94 bits per heavy atom. The number of H-pyrrole nitrogens is 1. The van der Waals surface area contributed by atoms with E-state index in [1.807, 2.05) is 13.0 Å². The molecule has 0 saturated heterocycles. The van der Waals surface area contributed by atoms with Crippen molar-refractivity contribution < 1.29 is 0 Å². The fourth-order valence-corrected chi connectivity index (χ4v) is 1.95. The number of nitrogens with zero attached hydrogens (tertiary/aromatic N) is 2. The Kier molecular flexibility index (Phi) is 2.97. The largest absolute Gasteiger partial charge is 0.381 e. The first kappa shape index (κ1) is 11.8. The molecule has 2 rings (SSSR count). The second kappa shape index (κ2) is 4.28. The minimum atomic E-state index is 0.162. The van der Waals surface area contributed by atoms with Crippen molar-refractivity contribution in [3.05, 3.63) is 33.3 Å². The highest BCUT2D eigenvalue weighted by Gasteiger charge is 2.14. The molecule has 0 bridgehead atoms. The monoisotopic (exact) mass is 266 g/mol. The van der Waals surface area contributed by atoms with Crippen molar-refractivity contribution >= 4 is 29.0 Å². The molecule has 2 aromatic rings. The Morgan fingerprint density at radius 3 is 2.47 bits per heavy atom. The predicted molar refractivity (Wildman–Crippen MR) is 67.9 cm³/mol. The molecule has 0 unspecified atom stereocenters. The van der Waals surface area contributed by atoms with Gasteiger partial charge in [0.05, 0.1) is 5.69 Å². The number of hydrogen-bond donors (Lipinski definition) is 2. The van der Waals surface area contributed by atoms with Gasteiger partial charge in [0.1, 0.15) is 11.6 Å². The van der Waals surface area contributed by atoms with Crippen molar-refractivity contribution in [2.24, 2.45) is 0 Å². The second-order valence-corrected chi connectivity index (χ2v) is 4.35. The van der Waals surface area contributed by atoms with Crippen LogP contribution in [0.1, 0.15) is 11.1 Å². The number of rotatable bonds is 1. The molecule has 0 atom stereocenters. The number of aromatic nitrogens is 2. The second-order valence-electron chi connectivity index (χ2n) is 3.54. The summed E-state index contributed by atoms with van der Waals surface area (Å²) in [5, 5.41) is 16.5. The highest BCUT2D eigenvalue weighted by atomic mass is 35.5. The van der Waals surface area contributed by atoms with E-state index in [2.05, 4.69) is 10.2 Å². The molecule has 0 aliphatic heterocycles. The molecule has 0 spiro atoms. The van der Waals surface area contributed by atoms with Crippen LogP contribution in [0.2, 0.25) is 10.0 Å². The molecule has 0 fully saturated rings. The van der Waals surface area contributed by atoms with Gasteiger partial charge in [-0.2, -0.15) is 10.4 Å². The Hall–Kier alpha value is -1.70. The van der Waals surface area contributed by atoms with Crippen molar-refractivity contribution in [1.82, 2.24) is 10.2 Å². The molecule has 0 saturated carbocycles. The highest BCUT2D eigenvalue weighted by molar-refractivity contribution is 6.36. The van der Waals surface area contributed by atoms with E-state index in [4.69, 9.17) is 34.2 Å². The maximum Gasteiger partial charge on any atom is 0.163 e. The summed E-state index contributed by atoms with van der Waals surface area (Å²) in [7, 11) is 0. The number of benzene rings is 1. The lowest BCUT2D eigenvalue weighted by atomic mass is 10.1. The van der Waals surface area contributed by atoms with Crippen molar-refractivity contribution in [1.29, 1.82) is 5.26 Å². The number of nitriles is 1. The van der Waals surface area contributed by atoms with Crippen LogP contribution in [0.5, 0.6) is 0 Å². The third-order valence-corrected chi connectivity index (χ3v) is 3.26. The van der Waals surface area contributed by atoms with E-state index in [-0.39, 0.29) is 5.82 Å². The fraction of sp³-hybridized carbons (Fsp3) is 0.0909. The summed E-state index contributed by atoms with van der Waals surface area (Å²) < 4.78 is 0. The van der Waals surface area contributed by atoms with E-state index in [0.29, 0.717) is 26.9 Å². The predicted octanol–water partition coefficient (Wildman–Crippen LogP) is 3.15. The molecular weight excluding hydrogens is 259 g/mol. The molecule has 0 radical (unpaired) electrons. The van der Waals surface area contributed by atoms with Gasteiger partial charge in [0.25, 0.3) is 0 Å². The lowest BCUT2D eigenvalue weighted by molar-refractivity contribution is 1.10. The van der Waals surface area contributed by atoms with Crippen LogP contribution in [0.4, 0.5) is 5.82 Å². The van der Waals surface area contributed by atoms with E-state index in [1.165, 1.54) is 0 Å². The van der Waals surface area contributed by atoms with Crippen LogP contribution in [0.3, 0.4) is 0 Å². The van der Waals surface area contributed by atoms with E-state index in [1.54, 1.807) is 12.1 Å². The molecular formula is C11H8Cl2N4. The van der Waals surface area contributed by atoms with Crippen LogP contribution < -0.4 is 5.73 Å². The minimum Gasteiger partial charge on any atom is -0.381 e. The molecule has 17 heavy (non-hydrogen) atoms. The Balaban J connectivity index is 2.66. The molecule has 0 aliphatic rings. The van der Waals surface area contributed by atoms with Crippen LogP contribution in [-0.4, -0.2) is 10.2 Å². The number of anilines is 1. The third kappa shape index (κ3) is 1.95. The molecule has 4 nitrogen and oxygen atoms in total. The molecule has 0 aliphatic carbocycles. The number of nitrogen functional groups attached to an aromatic ring is 1. The molecule has 1 aromatic carbocycles. The number of halogens is 2. The molecule has 1 aromatic heterocycles. The maximum atomic E-state index is 8.99. The Labute approximate surface area is 108 Å². The smallest absolute Gasteiger partial charge is 0.163 e. The normalized spacial score (nSPS) is 10.2. The van der Waals surface area contributed by atoms with Crippen molar-refractivity contribution in [3.63, 3.8) is 0 Å². The molecule has 0 amide bonds. The van der Waals surface area contributed by atoms with Crippen molar-refractivity contribution in [3.8, 4) is 17.3 Å². The van der Waals surface area contributed by atoms with E-state index >= 15 is 0 Å². The Bertz CT molecular complexity index is 602. The summed E-state index contributed by atoms with van der Waals surface area (Å²) in [5.74, 6) is 0.162. The van der Waals surface area contributed by atoms with Crippen LogP contribution in [0, 0.1) is 18.3 Å². The number of nitrogens with one attached hydrogen (secondary N) is 1. The molecule has 86 valence electrons. The number of hydrogen-bond acceptors (Lipinski definition) is 3. The lowest BCUT2D eigenvalue weighted by Gasteiger charge is -2.05. The highest BCUT2D eigenvalue weighted by Crippen LogP contribution is 2.32. The Morgan fingerprint density at radius 1 is 1.35 bits per heavy atom. The molecule has 3 N–H and O–H groups in total. The quantitative estimate of drug-likeness (QED) is 0.832. The van der Waals surface area contributed by atoms with Crippen LogP contribution in [-0.2, 0) is 0 Å². The topological polar surface area (TPSA) is 78.5 Å². The zero-order chi connectivity index (χ0) is 12.6. The summed E-state index contributed by atoms with van der Waals surface area (Å²) in [6, 6.07) is 5.43. The summed E-state index contributed by atoms with van der Waals surface area (Å²) in [5.41, 5.74) is 7.86. The van der Waals surface area contributed by atoms with Gasteiger partial charge in [0, 0.05) is 15.6 Å². The average molecular weight is 267 g/mol. The van der Waals surface area contributed by atoms with Gasteiger partial charge in [-0.05, 0) is 24.6 Å². The first-order valence-electron chi connectivity index (χ1n) is 4.74. The maximum absolute atomic E-state index is 8.99. The van der Waals surface area contributed by atoms with Gasteiger partial charge in [-0.25, -0.2) is 0 Å². The lowest BCUT2D eigenvalue weighted by Crippen LogP contribution is -1.88. The summed E-state index contributed by atoms with van der Waals surface area (Å²) in [4.78, 5) is 0. The van der Waals surface area contributed by atoms with Gasteiger partial charge in [0.2, 0.25) is 0 Å².